The van der Waals surface area contributed by atoms with Gasteiger partial charge in [-0.3, -0.25) is 5.10 Å². The number of benzene rings is 1. The molecule has 0 saturated carbocycles. The van der Waals surface area contributed by atoms with Gasteiger partial charge < -0.3 is 5.11 Å². The van der Waals surface area contributed by atoms with Gasteiger partial charge in [0.1, 0.15) is 0 Å². The van der Waals surface area contributed by atoms with Gasteiger partial charge in [0.05, 0.1) is 28.0 Å². The van der Waals surface area contributed by atoms with Crippen molar-refractivity contribution < 1.29 is 5.11 Å². The van der Waals surface area contributed by atoms with Crippen molar-refractivity contribution in [1.29, 1.82) is 0 Å². The zero-order valence-electron chi connectivity index (χ0n) is 8.82. The molecule has 0 aliphatic heterocycles. The quantitative estimate of drug-likeness (QED) is 0.897. The first kappa shape index (κ1) is 12.2. The summed E-state index contributed by atoms with van der Waals surface area (Å²) in [6.45, 7) is -0.0480. The molecule has 0 spiro atoms. The Morgan fingerprint density at radius 1 is 1.18 bits per heavy atom. The van der Waals surface area contributed by atoms with Crippen molar-refractivity contribution in [3.05, 3.63) is 51.3 Å². The molecule has 17 heavy (non-hydrogen) atoms. The van der Waals surface area contributed by atoms with E-state index in [-0.39, 0.29) is 6.61 Å². The number of hydrogen-bond acceptors (Lipinski definition) is 2. The van der Waals surface area contributed by atoms with Gasteiger partial charge in [0.15, 0.2) is 0 Å². The molecule has 2 N–H and O–H groups in total. The van der Waals surface area contributed by atoms with E-state index in [0.29, 0.717) is 15.7 Å². The molecule has 0 amide bonds. The summed E-state index contributed by atoms with van der Waals surface area (Å²) in [6, 6.07) is 7.16. The average molecular weight is 269 g/mol. The fourth-order valence-corrected chi connectivity index (χ4v) is 1.65. The fourth-order valence-electron chi connectivity index (χ4n) is 1.34. The third kappa shape index (κ3) is 3.09. The fraction of sp³-hybridized carbons (Fsp3) is 0.0833. The van der Waals surface area contributed by atoms with E-state index in [1.54, 1.807) is 18.2 Å². The standard InChI is InChI=1S/C12H10Cl2N2O/c13-11-4-2-8(5-12(11)14)1-3-9-6-10(7-17)16-15-9/h1-6,17H,7H2,(H,15,16)/b3-1+. The predicted molar refractivity (Wildman–Crippen MR) is 69.9 cm³/mol. The van der Waals surface area contributed by atoms with E-state index in [1.807, 2.05) is 18.2 Å². The minimum absolute atomic E-state index is 0.0480. The maximum absolute atomic E-state index is 8.88. The van der Waals surface area contributed by atoms with Gasteiger partial charge in [-0.2, -0.15) is 5.10 Å². The molecule has 0 aliphatic carbocycles. The summed E-state index contributed by atoms with van der Waals surface area (Å²) >= 11 is 11.7. The lowest BCUT2D eigenvalue weighted by atomic mass is 10.2. The van der Waals surface area contributed by atoms with E-state index in [9.17, 15) is 0 Å². The van der Waals surface area contributed by atoms with Gasteiger partial charge in [0, 0.05) is 0 Å². The van der Waals surface area contributed by atoms with Crippen molar-refractivity contribution >= 4 is 35.4 Å². The minimum atomic E-state index is -0.0480. The van der Waals surface area contributed by atoms with Crippen LogP contribution in [0.2, 0.25) is 10.0 Å². The maximum Gasteiger partial charge on any atom is 0.0852 e. The van der Waals surface area contributed by atoms with Crippen LogP contribution in [-0.4, -0.2) is 15.3 Å². The van der Waals surface area contributed by atoms with Gasteiger partial charge in [-0.05, 0) is 29.8 Å². The second-order valence-corrected chi connectivity index (χ2v) is 4.30. The molecular weight excluding hydrogens is 259 g/mol. The number of nitrogens with zero attached hydrogens (tertiary/aromatic N) is 1. The summed E-state index contributed by atoms with van der Waals surface area (Å²) in [5, 5.41) is 16.7. The highest BCUT2D eigenvalue weighted by atomic mass is 35.5. The number of halogens is 2. The topological polar surface area (TPSA) is 48.9 Å². The first-order chi connectivity index (χ1) is 8.19. The van der Waals surface area contributed by atoms with Crippen LogP contribution in [-0.2, 0) is 6.61 Å². The number of aliphatic hydroxyl groups excluding tert-OH is 1. The van der Waals surface area contributed by atoms with Gasteiger partial charge >= 0.3 is 0 Å². The monoisotopic (exact) mass is 268 g/mol. The highest BCUT2D eigenvalue weighted by molar-refractivity contribution is 6.42. The molecular formula is C12H10Cl2N2O. The Morgan fingerprint density at radius 3 is 2.65 bits per heavy atom. The Morgan fingerprint density at radius 2 is 2.00 bits per heavy atom. The largest absolute Gasteiger partial charge is 0.390 e. The van der Waals surface area contributed by atoms with Gasteiger partial charge in [-0.15, -0.1) is 0 Å². The highest BCUT2D eigenvalue weighted by Gasteiger charge is 1.98. The number of hydrogen-bond donors (Lipinski definition) is 2. The molecule has 1 aromatic carbocycles. The summed E-state index contributed by atoms with van der Waals surface area (Å²) in [6.07, 6.45) is 3.70. The average Bonchev–Trinajstić information content (AvgIpc) is 2.79. The molecule has 88 valence electrons. The van der Waals surface area contributed by atoms with E-state index in [1.165, 1.54) is 0 Å². The van der Waals surface area contributed by atoms with Crippen molar-refractivity contribution in [2.24, 2.45) is 0 Å². The Kier molecular flexibility index (Phi) is 3.84. The molecule has 0 atom stereocenters. The van der Waals surface area contributed by atoms with E-state index in [4.69, 9.17) is 28.3 Å². The maximum atomic E-state index is 8.88. The number of H-pyrrole nitrogens is 1. The molecule has 1 aromatic heterocycles. The number of nitrogens with one attached hydrogen (secondary N) is 1. The van der Waals surface area contributed by atoms with E-state index in [0.717, 1.165) is 11.3 Å². The second-order valence-electron chi connectivity index (χ2n) is 3.48. The third-order valence-electron chi connectivity index (χ3n) is 2.21. The number of aliphatic hydroxyl groups is 1. The van der Waals surface area contributed by atoms with Crippen molar-refractivity contribution in [1.82, 2.24) is 10.2 Å². The Bertz CT molecular complexity index is 549. The molecule has 0 radical (unpaired) electrons. The Balaban J connectivity index is 2.16. The van der Waals surface area contributed by atoms with Crippen molar-refractivity contribution in [2.45, 2.75) is 6.61 Å². The van der Waals surface area contributed by atoms with Crippen LogP contribution in [0.25, 0.3) is 12.2 Å². The van der Waals surface area contributed by atoms with Gasteiger partial charge in [-0.1, -0.05) is 35.3 Å². The third-order valence-corrected chi connectivity index (χ3v) is 2.95. The predicted octanol–water partition coefficient (Wildman–Crippen LogP) is 3.38. The molecule has 2 aromatic rings. The van der Waals surface area contributed by atoms with Gasteiger partial charge in [0.2, 0.25) is 0 Å². The van der Waals surface area contributed by atoms with Crippen LogP contribution in [0.1, 0.15) is 17.0 Å². The van der Waals surface area contributed by atoms with Gasteiger partial charge in [0.25, 0.3) is 0 Å². The summed E-state index contributed by atoms with van der Waals surface area (Å²) in [4.78, 5) is 0. The summed E-state index contributed by atoms with van der Waals surface area (Å²) in [5.41, 5.74) is 2.37. The lowest BCUT2D eigenvalue weighted by Crippen LogP contribution is -1.79. The van der Waals surface area contributed by atoms with Crippen LogP contribution < -0.4 is 0 Å². The summed E-state index contributed by atoms with van der Waals surface area (Å²) < 4.78 is 0. The Hall–Kier alpha value is -1.29. The summed E-state index contributed by atoms with van der Waals surface area (Å²) in [5.74, 6) is 0. The molecule has 0 saturated heterocycles. The highest BCUT2D eigenvalue weighted by Crippen LogP contribution is 2.23. The lowest BCUT2D eigenvalue weighted by Gasteiger charge is -1.96. The van der Waals surface area contributed by atoms with Crippen LogP contribution in [0, 0.1) is 0 Å². The minimum Gasteiger partial charge on any atom is -0.390 e. The van der Waals surface area contributed by atoms with Crippen molar-refractivity contribution in [2.75, 3.05) is 0 Å². The van der Waals surface area contributed by atoms with Crippen LogP contribution in [0.15, 0.2) is 24.3 Å². The molecule has 5 heteroatoms. The first-order valence-electron chi connectivity index (χ1n) is 4.97. The molecule has 3 nitrogen and oxygen atoms in total. The Labute approximate surface area is 109 Å². The second kappa shape index (κ2) is 5.36. The van der Waals surface area contributed by atoms with E-state index >= 15 is 0 Å². The zero-order chi connectivity index (χ0) is 12.3. The molecule has 0 fully saturated rings. The molecule has 2 rings (SSSR count). The molecule has 0 bridgehead atoms. The number of aromatic nitrogens is 2. The summed E-state index contributed by atoms with van der Waals surface area (Å²) in [7, 11) is 0. The lowest BCUT2D eigenvalue weighted by molar-refractivity contribution is 0.276. The van der Waals surface area contributed by atoms with Crippen LogP contribution in [0.5, 0.6) is 0 Å². The van der Waals surface area contributed by atoms with Crippen molar-refractivity contribution in [3.8, 4) is 0 Å². The molecule has 0 aliphatic rings. The molecule has 1 heterocycles. The normalized spacial score (nSPS) is 11.2. The number of rotatable bonds is 3. The van der Waals surface area contributed by atoms with Crippen LogP contribution in [0.4, 0.5) is 0 Å². The first-order valence-corrected chi connectivity index (χ1v) is 5.73. The SMILES string of the molecule is OCc1cc(/C=C/c2ccc(Cl)c(Cl)c2)n[nH]1. The molecule has 0 unspecified atom stereocenters. The van der Waals surface area contributed by atoms with E-state index in [2.05, 4.69) is 10.2 Å². The van der Waals surface area contributed by atoms with Gasteiger partial charge in [-0.25, -0.2) is 0 Å². The number of aromatic amines is 1. The van der Waals surface area contributed by atoms with Crippen molar-refractivity contribution in [3.63, 3.8) is 0 Å². The van der Waals surface area contributed by atoms with E-state index < -0.39 is 0 Å². The van der Waals surface area contributed by atoms with Crippen LogP contribution >= 0.6 is 23.2 Å². The smallest absolute Gasteiger partial charge is 0.0852 e. The zero-order valence-corrected chi connectivity index (χ0v) is 10.3. The van der Waals surface area contributed by atoms with Crippen LogP contribution in [0.3, 0.4) is 0 Å².